The number of anilines is 2. The van der Waals surface area contributed by atoms with E-state index in [9.17, 15) is 15.2 Å². The average molecular weight is 266 g/mol. The molecule has 0 aliphatic heterocycles. The first-order valence-electron chi connectivity index (χ1n) is 6.36. The largest absolute Gasteiger partial charge is 0.396 e. The van der Waals surface area contributed by atoms with Gasteiger partial charge in [0.25, 0.3) is 0 Å². The molecule has 1 aliphatic rings. The van der Waals surface area contributed by atoms with Gasteiger partial charge < -0.3 is 15.7 Å². The molecule has 1 saturated carbocycles. The standard InChI is InChI=1S/C12H18N4O3/c1-13-11-6-5-10(16(18)19)12(15-11)14-9-4-2-3-8(9)7-17/h5-6,8-9,17H,2-4,7H2,1H3,(H2,13,14,15). The zero-order valence-corrected chi connectivity index (χ0v) is 10.8. The topological polar surface area (TPSA) is 100 Å². The molecule has 7 nitrogen and oxygen atoms in total. The minimum atomic E-state index is -0.447. The van der Waals surface area contributed by atoms with Gasteiger partial charge in [-0.2, -0.15) is 0 Å². The second-order valence-electron chi connectivity index (χ2n) is 4.70. The Bertz CT molecular complexity index is 466. The Hall–Kier alpha value is -1.89. The quantitative estimate of drug-likeness (QED) is 0.553. The van der Waals surface area contributed by atoms with Crippen LogP contribution in [0, 0.1) is 16.0 Å². The summed E-state index contributed by atoms with van der Waals surface area (Å²) in [5, 5.41) is 26.3. The first-order valence-corrected chi connectivity index (χ1v) is 6.36. The van der Waals surface area contributed by atoms with Gasteiger partial charge in [-0.05, 0) is 18.9 Å². The van der Waals surface area contributed by atoms with Crippen LogP contribution in [0.15, 0.2) is 12.1 Å². The molecule has 2 unspecified atom stereocenters. The van der Waals surface area contributed by atoms with E-state index in [1.807, 2.05) is 0 Å². The molecule has 0 saturated heterocycles. The van der Waals surface area contributed by atoms with Crippen LogP contribution >= 0.6 is 0 Å². The SMILES string of the molecule is CNc1ccc([N+](=O)[O-])c(NC2CCCC2CO)n1. The van der Waals surface area contributed by atoms with Gasteiger partial charge in [-0.1, -0.05) is 6.42 Å². The van der Waals surface area contributed by atoms with Crippen LogP contribution in [0.25, 0.3) is 0 Å². The van der Waals surface area contributed by atoms with Gasteiger partial charge in [0.1, 0.15) is 5.82 Å². The highest BCUT2D eigenvalue weighted by atomic mass is 16.6. The summed E-state index contributed by atoms with van der Waals surface area (Å²) in [7, 11) is 1.71. The second kappa shape index (κ2) is 5.83. The molecule has 7 heteroatoms. The molecule has 0 amide bonds. The molecule has 2 atom stereocenters. The van der Waals surface area contributed by atoms with E-state index in [1.165, 1.54) is 6.07 Å². The maximum absolute atomic E-state index is 11.0. The van der Waals surface area contributed by atoms with Gasteiger partial charge in [0.2, 0.25) is 5.82 Å². The lowest BCUT2D eigenvalue weighted by atomic mass is 10.1. The van der Waals surface area contributed by atoms with Crippen molar-refractivity contribution >= 4 is 17.3 Å². The summed E-state index contributed by atoms with van der Waals surface area (Å²) < 4.78 is 0. The lowest BCUT2D eigenvalue weighted by Gasteiger charge is -2.19. The fourth-order valence-electron chi connectivity index (χ4n) is 2.47. The normalized spacial score (nSPS) is 22.2. The second-order valence-corrected chi connectivity index (χ2v) is 4.70. The van der Waals surface area contributed by atoms with Crippen molar-refractivity contribution in [3.05, 3.63) is 22.2 Å². The molecule has 0 radical (unpaired) electrons. The molecular weight excluding hydrogens is 248 g/mol. The van der Waals surface area contributed by atoms with Crippen LogP contribution < -0.4 is 10.6 Å². The molecule has 1 fully saturated rings. The number of pyridine rings is 1. The molecule has 0 spiro atoms. The highest BCUT2D eigenvalue weighted by molar-refractivity contribution is 5.60. The molecule has 19 heavy (non-hydrogen) atoms. The zero-order valence-electron chi connectivity index (χ0n) is 10.8. The Labute approximate surface area is 111 Å². The first-order chi connectivity index (χ1) is 9.15. The lowest BCUT2D eigenvalue weighted by Crippen LogP contribution is -2.27. The number of hydrogen-bond acceptors (Lipinski definition) is 6. The molecular formula is C12H18N4O3. The van der Waals surface area contributed by atoms with Crippen molar-refractivity contribution in [3.63, 3.8) is 0 Å². The van der Waals surface area contributed by atoms with Crippen LogP contribution in [0.5, 0.6) is 0 Å². The first kappa shape index (κ1) is 13.5. The van der Waals surface area contributed by atoms with E-state index in [2.05, 4.69) is 15.6 Å². The van der Waals surface area contributed by atoms with Crippen molar-refractivity contribution in [2.45, 2.75) is 25.3 Å². The van der Waals surface area contributed by atoms with Crippen molar-refractivity contribution in [2.24, 2.45) is 5.92 Å². The van der Waals surface area contributed by atoms with Crippen LogP contribution in [0.1, 0.15) is 19.3 Å². The zero-order chi connectivity index (χ0) is 13.8. The molecule has 3 N–H and O–H groups in total. The van der Waals surface area contributed by atoms with Gasteiger partial charge in [-0.25, -0.2) is 4.98 Å². The van der Waals surface area contributed by atoms with E-state index in [4.69, 9.17) is 0 Å². The van der Waals surface area contributed by atoms with Gasteiger partial charge in [0, 0.05) is 31.7 Å². The monoisotopic (exact) mass is 266 g/mol. The molecule has 1 aromatic rings. The van der Waals surface area contributed by atoms with Gasteiger partial charge in [-0.3, -0.25) is 10.1 Å². The summed E-state index contributed by atoms with van der Waals surface area (Å²) in [6, 6.07) is 3.05. The van der Waals surface area contributed by atoms with Crippen molar-refractivity contribution in [2.75, 3.05) is 24.3 Å². The summed E-state index contributed by atoms with van der Waals surface area (Å²) in [6.45, 7) is 0.0944. The van der Waals surface area contributed by atoms with E-state index in [-0.39, 0.29) is 30.1 Å². The van der Waals surface area contributed by atoms with Gasteiger partial charge in [-0.15, -0.1) is 0 Å². The number of nitrogens with one attached hydrogen (secondary N) is 2. The van der Waals surface area contributed by atoms with Crippen molar-refractivity contribution in [1.29, 1.82) is 0 Å². The fourth-order valence-corrected chi connectivity index (χ4v) is 2.47. The third-order valence-electron chi connectivity index (χ3n) is 3.54. The lowest BCUT2D eigenvalue weighted by molar-refractivity contribution is -0.384. The number of rotatable bonds is 5. The van der Waals surface area contributed by atoms with Crippen molar-refractivity contribution in [3.8, 4) is 0 Å². The fraction of sp³-hybridized carbons (Fsp3) is 0.583. The highest BCUT2D eigenvalue weighted by Gasteiger charge is 2.29. The summed E-state index contributed by atoms with van der Waals surface area (Å²) in [6.07, 6.45) is 2.85. The molecule has 104 valence electrons. The Kier molecular flexibility index (Phi) is 4.16. The Morgan fingerprint density at radius 2 is 2.32 bits per heavy atom. The summed E-state index contributed by atoms with van der Waals surface area (Å²) >= 11 is 0. The number of nitrogens with zero attached hydrogens (tertiary/aromatic N) is 2. The van der Waals surface area contributed by atoms with Gasteiger partial charge in [0.05, 0.1) is 4.92 Å². The molecule has 2 rings (SSSR count). The van der Waals surface area contributed by atoms with Gasteiger partial charge in [0.15, 0.2) is 0 Å². The minimum Gasteiger partial charge on any atom is -0.396 e. The number of aliphatic hydroxyl groups is 1. The highest BCUT2D eigenvalue weighted by Crippen LogP contribution is 2.31. The molecule has 1 heterocycles. The van der Waals surface area contributed by atoms with E-state index in [0.717, 1.165) is 19.3 Å². The Morgan fingerprint density at radius 3 is 2.95 bits per heavy atom. The average Bonchev–Trinajstić information content (AvgIpc) is 2.85. The molecule has 0 aromatic carbocycles. The summed E-state index contributed by atoms with van der Waals surface area (Å²) in [4.78, 5) is 14.8. The van der Waals surface area contributed by atoms with E-state index >= 15 is 0 Å². The van der Waals surface area contributed by atoms with Gasteiger partial charge >= 0.3 is 5.69 Å². The van der Waals surface area contributed by atoms with E-state index < -0.39 is 4.92 Å². The third kappa shape index (κ3) is 2.93. The smallest absolute Gasteiger partial charge is 0.311 e. The van der Waals surface area contributed by atoms with Crippen LogP contribution in [0.4, 0.5) is 17.3 Å². The Morgan fingerprint density at radius 1 is 1.53 bits per heavy atom. The van der Waals surface area contributed by atoms with Crippen LogP contribution in [0.3, 0.4) is 0 Å². The number of aromatic nitrogens is 1. The van der Waals surface area contributed by atoms with Crippen LogP contribution in [-0.2, 0) is 0 Å². The van der Waals surface area contributed by atoms with Crippen molar-refractivity contribution in [1.82, 2.24) is 4.98 Å². The number of aliphatic hydroxyl groups excluding tert-OH is 1. The Balaban J connectivity index is 2.24. The predicted molar refractivity (Wildman–Crippen MR) is 72.3 cm³/mol. The maximum atomic E-state index is 11.0. The van der Waals surface area contributed by atoms with E-state index in [0.29, 0.717) is 5.82 Å². The molecule has 1 aromatic heterocycles. The summed E-state index contributed by atoms with van der Waals surface area (Å²) in [5.41, 5.74) is -0.0393. The van der Waals surface area contributed by atoms with E-state index in [1.54, 1.807) is 13.1 Å². The summed E-state index contributed by atoms with van der Waals surface area (Å²) in [5.74, 6) is 0.980. The predicted octanol–water partition coefficient (Wildman–Crippen LogP) is 1.60. The van der Waals surface area contributed by atoms with Crippen LogP contribution in [-0.4, -0.2) is 34.7 Å². The molecule has 0 bridgehead atoms. The maximum Gasteiger partial charge on any atom is 0.311 e. The number of nitro groups is 1. The van der Waals surface area contributed by atoms with Crippen LogP contribution in [0.2, 0.25) is 0 Å². The van der Waals surface area contributed by atoms with Crippen molar-refractivity contribution < 1.29 is 10.0 Å². The number of hydrogen-bond donors (Lipinski definition) is 3. The molecule has 1 aliphatic carbocycles. The minimum absolute atomic E-state index is 0.0393. The third-order valence-corrected chi connectivity index (χ3v) is 3.54.